The van der Waals surface area contributed by atoms with Gasteiger partial charge in [0.1, 0.15) is 11.7 Å². The van der Waals surface area contributed by atoms with Gasteiger partial charge in [0.2, 0.25) is 0 Å². The minimum absolute atomic E-state index is 0.0577. The number of amidine groups is 1. The van der Waals surface area contributed by atoms with E-state index in [1.54, 1.807) is 12.3 Å². The van der Waals surface area contributed by atoms with E-state index in [0.29, 0.717) is 5.56 Å². The molecule has 0 aliphatic carbocycles. The molecule has 0 spiro atoms. The van der Waals surface area contributed by atoms with Crippen LogP contribution < -0.4 is 10.6 Å². The van der Waals surface area contributed by atoms with Gasteiger partial charge in [-0.2, -0.15) is 0 Å². The lowest BCUT2D eigenvalue weighted by Crippen LogP contribution is -2.21. The van der Waals surface area contributed by atoms with E-state index in [2.05, 4.69) is 4.98 Å². The number of rotatable bonds is 7. The first-order valence-corrected chi connectivity index (χ1v) is 5.77. The van der Waals surface area contributed by atoms with Crippen LogP contribution in [0.2, 0.25) is 0 Å². The molecular weight excluding hydrogens is 216 g/mol. The topological polar surface area (TPSA) is 86.2 Å². The van der Waals surface area contributed by atoms with Gasteiger partial charge in [-0.15, -0.1) is 0 Å². The highest BCUT2D eigenvalue weighted by atomic mass is 16.2. The Labute approximate surface area is 102 Å². The molecule has 0 saturated heterocycles. The zero-order chi connectivity index (χ0) is 12.7. The normalized spacial score (nSPS) is 10.2. The molecule has 94 valence electrons. The number of hydrogen-bond acceptors (Lipinski definition) is 4. The van der Waals surface area contributed by atoms with Crippen molar-refractivity contribution in [3.8, 4) is 0 Å². The highest BCUT2D eigenvalue weighted by molar-refractivity contribution is 5.95. The van der Waals surface area contributed by atoms with Gasteiger partial charge in [-0.05, 0) is 31.4 Å². The summed E-state index contributed by atoms with van der Waals surface area (Å²) in [5.74, 6) is 0.879. The molecule has 0 aromatic carbocycles. The monoisotopic (exact) mass is 236 g/mol. The van der Waals surface area contributed by atoms with Gasteiger partial charge in [0.25, 0.3) is 0 Å². The van der Waals surface area contributed by atoms with Gasteiger partial charge >= 0.3 is 0 Å². The zero-order valence-corrected chi connectivity index (χ0v) is 10.2. The number of unbranched alkanes of at least 4 members (excludes halogenated alkanes) is 2. The molecule has 0 aliphatic rings. The molecule has 1 rings (SSSR count). The molecule has 1 aromatic heterocycles. The first-order chi connectivity index (χ1) is 8.15. The Balaban J connectivity index is 2.53. The number of nitrogen functional groups attached to an aromatic ring is 1. The van der Waals surface area contributed by atoms with Gasteiger partial charge < -0.3 is 15.7 Å². The molecule has 0 saturated carbocycles. The smallest absolute Gasteiger partial charge is 0.128 e. The summed E-state index contributed by atoms with van der Waals surface area (Å²) in [6.07, 6.45) is 4.53. The first kappa shape index (κ1) is 13.4. The third-order valence-corrected chi connectivity index (χ3v) is 2.60. The maximum atomic E-state index is 8.68. The lowest BCUT2D eigenvalue weighted by Gasteiger charge is -2.18. The summed E-state index contributed by atoms with van der Waals surface area (Å²) in [6, 6.07) is 3.54. The number of aliphatic hydroxyl groups is 1. The van der Waals surface area contributed by atoms with Gasteiger partial charge in [0, 0.05) is 32.0 Å². The average Bonchev–Trinajstić information content (AvgIpc) is 2.34. The van der Waals surface area contributed by atoms with Crippen molar-refractivity contribution in [2.75, 3.05) is 25.1 Å². The lowest BCUT2D eigenvalue weighted by molar-refractivity contribution is 0.283. The van der Waals surface area contributed by atoms with Crippen molar-refractivity contribution in [1.82, 2.24) is 4.98 Å². The van der Waals surface area contributed by atoms with E-state index in [0.717, 1.165) is 31.6 Å². The number of aromatic nitrogens is 1. The van der Waals surface area contributed by atoms with E-state index in [-0.39, 0.29) is 12.4 Å². The van der Waals surface area contributed by atoms with Crippen LogP contribution in [-0.2, 0) is 0 Å². The average molecular weight is 236 g/mol. The zero-order valence-electron chi connectivity index (χ0n) is 10.2. The van der Waals surface area contributed by atoms with Crippen molar-refractivity contribution in [1.29, 1.82) is 5.41 Å². The van der Waals surface area contributed by atoms with E-state index in [4.69, 9.17) is 16.2 Å². The standard InChI is InChI=1S/C12H20N4O/c1-16(7-3-2-4-8-17)11-9-10(12(13)14)5-6-15-11/h5-6,9,17H,2-4,7-8H2,1H3,(H3,13,14). The molecule has 17 heavy (non-hydrogen) atoms. The van der Waals surface area contributed by atoms with Crippen LogP contribution >= 0.6 is 0 Å². The molecule has 0 radical (unpaired) electrons. The predicted molar refractivity (Wildman–Crippen MR) is 69.5 cm³/mol. The van der Waals surface area contributed by atoms with Crippen molar-refractivity contribution >= 4 is 11.7 Å². The van der Waals surface area contributed by atoms with Gasteiger partial charge in [-0.25, -0.2) is 4.98 Å². The summed E-state index contributed by atoms with van der Waals surface area (Å²) in [7, 11) is 1.96. The summed E-state index contributed by atoms with van der Waals surface area (Å²) >= 11 is 0. The summed E-state index contributed by atoms with van der Waals surface area (Å²) in [5.41, 5.74) is 6.12. The largest absolute Gasteiger partial charge is 0.396 e. The van der Waals surface area contributed by atoms with Gasteiger partial charge in [-0.3, -0.25) is 5.41 Å². The van der Waals surface area contributed by atoms with Crippen LogP contribution in [0.1, 0.15) is 24.8 Å². The second-order valence-corrected chi connectivity index (χ2v) is 4.02. The second-order valence-electron chi connectivity index (χ2n) is 4.02. The first-order valence-electron chi connectivity index (χ1n) is 5.77. The Kier molecular flexibility index (Phi) is 5.42. The van der Waals surface area contributed by atoms with Gasteiger partial charge in [-0.1, -0.05) is 0 Å². The number of nitrogens with zero attached hydrogens (tertiary/aromatic N) is 2. The Morgan fingerprint density at radius 2 is 2.24 bits per heavy atom. The summed E-state index contributed by atoms with van der Waals surface area (Å²) in [5, 5.41) is 16.1. The number of pyridine rings is 1. The Morgan fingerprint density at radius 3 is 2.88 bits per heavy atom. The van der Waals surface area contributed by atoms with E-state index in [1.165, 1.54) is 0 Å². The highest BCUT2D eigenvalue weighted by Gasteiger charge is 2.04. The molecule has 4 N–H and O–H groups in total. The molecule has 1 aromatic rings. The van der Waals surface area contributed by atoms with Crippen molar-refractivity contribution in [3.05, 3.63) is 23.9 Å². The van der Waals surface area contributed by atoms with Crippen LogP contribution in [0.3, 0.4) is 0 Å². The van der Waals surface area contributed by atoms with Crippen molar-refractivity contribution in [2.24, 2.45) is 5.73 Å². The number of nitrogens with one attached hydrogen (secondary N) is 1. The fourth-order valence-electron chi connectivity index (χ4n) is 1.55. The Bertz CT molecular complexity index is 367. The molecule has 5 heteroatoms. The summed E-state index contributed by atoms with van der Waals surface area (Å²) in [6.45, 7) is 1.14. The Morgan fingerprint density at radius 1 is 1.47 bits per heavy atom. The van der Waals surface area contributed by atoms with Crippen LogP contribution in [0.4, 0.5) is 5.82 Å². The van der Waals surface area contributed by atoms with Crippen molar-refractivity contribution in [3.63, 3.8) is 0 Å². The second kappa shape index (κ2) is 6.85. The van der Waals surface area contributed by atoms with Crippen molar-refractivity contribution < 1.29 is 5.11 Å². The van der Waals surface area contributed by atoms with E-state index in [1.807, 2.05) is 18.0 Å². The van der Waals surface area contributed by atoms with Crippen LogP contribution in [0.25, 0.3) is 0 Å². The van der Waals surface area contributed by atoms with E-state index >= 15 is 0 Å². The summed E-state index contributed by atoms with van der Waals surface area (Å²) in [4.78, 5) is 6.28. The fraction of sp³-hybridized carbons (Fsp3) is 0.500. The summed E-state index contributed by atoms with van der Waals surface area (Å²) < 4.78 is 0. The van der Waals surface area contributed by atoms with Crippen LogP contribution in [0.15, 0.2) is 18.3 Å². The maximum Gasteiger partial charge on any atom is 0.128 e. The molecule has 0 fully saturated rings. The molecule has 0 aliphatic heterocycles. The van der Waals surface area contributed by atoms with Crippen LogP contribution in [0.5, 0.6) is 0 Å². The minimum atomic E-state index is 0.0577. The third-order valence-electron chi connectivity index (χ3n) is 2.60. The third kappa shape index (κ3) is 4.40. The number of hydrogen-bond donors (Lipinski definition) is 3. The van der Waals surface area contributed by atoms with E-state index < -0.39 is 0 Å². The van der Waals surface area contributed by atoms with E-state index in [9.17, 15) is 0 Å². The quantitative estimate of drug-likeness (QED) is 0.374. The molecule has 1 heterocycles. The minimum Gasteiger partial charge on any atom is -0.396 e. The molecule has 5 nitrogen and oxygen atoms in total. The lowest BCUT2D eigenvalue weighted by atomic mass is 10.2. The predicted octanol–water partition coefficient (Wildman–Crippen LogP) is 0.964. The highest BCUT2D eigenvalue weighted by Crippen LogP contribution is 2.11. The van der Waals surface area contributed by atoms with Gasteiger partial charge in [0.15, 0.2) is 0 Å². The molecule has 0 unspecified atom stereocenters. The van der Waals surface area contributed by atoms with Crippen LogP contribution in [-0.4, -0.2) is 36.1 Å². The van der Waals surface area contributed by atoms with Gasteiger partial charge in [0.05, 0.1) is 0 Å². The maximum absolute atomic E-state index is 8.68. The molecule has 0 amide bonds. The number of anilines is 1. The van der Waals surface area contributed by atoms with Crippen LogP contribution in [0, 0.1) is 5.41 Å². The number of nitrogens with two attached hydrogens (primary N) is 1. The van der Waals surface area contributed by atoms with Crippen molar-refractivity contribution in [2.45, 2.75) is 19.3 Å². The molecule has 0 atom stereocenters. The molecular formula is C12H20N4O. The molecule has 0 bridgehead atoms. The number of aliphatic hydroxyl groups excluding tert-OH is 1. The SMILES string of the molecule is CN(CCCCCO)c1cc(C(=N)N)ccn1. The Hall–Kier alpha value is -1.62. The fourth-order valence-corrected chi connectivity index (χ4v) is 1.55.